The average Bonchev–Trinajstić information content (AvgIpc) is 2.23. The van der Waals surface area contributed by atoms with Gasteiger partial charge in [-0.3, -0.25) is 0 Å². The van der Waals surface area contributed by atoms with E-state index in [2.05, 4.69) is 35.1 Å². The number of rotatable bonds is 6. The second-order valence-corrected chi connectivity index (χ2v) is 5.56. The van der Waals surface area contributed by atoms with Crippen molar-refractivity contribution in [2.45, 2.75) is 26.4 Å². The Balaban J connectivity index is 2.44. The molecule has 0 aliphatic heterocycles. The van der Waals surface area contributed by atoms with Crippen LogP contribution in [0.4, 0.5) is 4.39 Å². The monoisotopic (exact) mass is 303 g/mol. The fraction of sp³-hybridized carbons (Fsp3) is 0.538. The quantitative estimate of drug-likeness (QED) is 0.847. The summed E-state index contributed by atoms with van der Waals surface area (Å²) in [6, 6.07) is 4.77. The first-order chi connectivity index (χ1) is 7.99. The predicted octanol–water partition coefficient (Wildman–Crippen LogP) is 2.74. The Kier molecular flexibility index (Phi) is 6.09. The van der Waals surface area contributed by atoms with E-state index in [0.29, 0.717) is 24.4 Å². The number of aliphatic hydroxyl groups excluding tert-OH is 1. The summed E-state index contributed by atoms with van der Waals surface area (Å²) in [5.74, 6) is 0.279. The molecule has 1 unspecified atom stereocenters. The lowest BCUT2D eigenvalue weighted by Gasteiger charge is -2.13. The molecular formula is C13H19BrFNO. The van der Waals surface area contributed by atoms with Crippen LogP contribution in [0.1, 0.15) is 19.4 Å². The fourth-order valence-electron chi connectivity index (χ4n) is 1.56. The van der Waals surface area contributed by atoms with E-state index in [0.717, 1.165) is 11.0 Å². The van der Waals surface area contributed by atoms with Gasteiger partial charge in [-0.2, -0.15) is 0 Å². The van der Waals surface area contributed by atoms with Gasteiger partial charge in [-0.05, 0) is 36.2 Å². The molecule has 1 rings (SSSR count). The lowest BCUT2D eigenvalue weighted by atomic mass is 10.1. The Labute approximate surface area is 110 Å². The van der Waals surface area contributed by atoms with Crippen LogP contribution in [0.2, 0.25) is 0 Å². The van der Waals surface area contributed by atoms with Crippen molar-refractivity contribution < 1.29 is 9.50 Å². The summed E-state index contributed by atoms with van der Waals surface area (Å²) in [5.41, 5.74) is 0.540. The lowest BCUT2D eigenvalue weighted by Crippen LogP contribution is -2.31. The molecule has 1 aromatic rings. The SMILES string of the molecule is CC(C)CNCC(O)Cc1cc(Br)ccc1F. The van der Waals surface area contributed by atoms with Crippen molar-refractivity contribution in [2.75, 3.05) is 13.1 Å². The van der Waals surface area contributed by atoms with Crippen LogP contribution in [-0.2, 0) is 6.42 Å². The standard InChI is InChI=1S/C13H19BrFNO/c1-9(2)7-16-8-12(17)6-10-5-11(14)3-4-13(10)15/h3-5,9,12,16-17H,6-8H2,1-2H3. The summed E-state index contributed by atoms with van der Waals surface area (Å²) in [6.45, 7) is 5.56. The second kappa shape index (κ2) is 7.09. The summed E-state index contributed by atoms with van der Waals surface area (Å²) < 4.78 is 14.3. The Hall–Kier alpha value is -0.450. The molecular weight excluding hydrogens is 285 g/mol. The first kappa shape index (κ1) is 14.6. The fourth-order valence-corrected chi connectivity index (χ4v) is 1.97. The molecule has 4 heteroatoms. The van der Waals surface area contributed by atoms with Crippen molar-refractivity contribution in [3.8, 4) is 0 Å². The Bertz CT molecular complexity index is 357. The van der Waals surface area contributed by atoms with E-state index in [-0.39, 0.29) is 5.82 Å². The van der Waals surface area contributed by atoms with Gasteiger partial charge in [0.2, 0.25) is 0 Å². The molecule has 2 N–H and O–H groups in total. The first-order valence-corrected chi connectivity index (χ1v) is 6.61. The molecule has 0 saturated heterocycles. The molecule has 2 nitrogen and oxygen atoms in total. The minimum absolute atomic E-state index is 0.267. The molecule has 0 aliphatic carbocycles. The first-order valence-electron chi connectivity index (χ1n) is 5.81. The van der Waals surface area contributed by atoms with Gasteiger partial charge in [0, 0.05) is 17.4 Å². The highest BCUT2D eigenvalue weighted by Crippen LogP contribution is 2.16. The molecule has 0 spiro atoms. The highest BCUT2D eigenvalue weighted by molar-refractivity contribution is 9.10. The van der Waals surface area contributed by atoms with Gasteiger partial charge >= 0.3 is 0 Å². The third-order valence-electron chi connectivity index (χ3n) is 2.40. The van der Waals surface area contributed by atoms with Crippen LogP contribution in [0, 0.1) is 11.7 Å². The molecule has 0 fully saturated rings. The van der Waals surface area contributed by atoms with E-state index in [1.165, 1.54) is 6.07 Å². The number of aliphatic hydroxyl groups is 1. The molecule has 1 atom stereocenters. The topological polar surface area (TPSA) is 32.3 Å². The van der Waals surface area contributed by atoms with E-state index < -0.39 is 6.10 Å². The Morgan fingerprint density at radius 1 is 1.35 bits per heavy atom. The smallest absolute Gasteiger partial charge is 0.126 e. The van der Waals surface area contributed by atoms with Crippen molar-refractivity contribution >= 4 is 15.9 Å². The second-order valence-electron chi connectivity index (χ2n) is 4.65. The van der Waals surface area contributed by atoms with Crippen LogP contribution in [0.5, 0.6) is 0 Å². The van der Waals surface area contributed by atoms with E-state index in [9.17, 15) is 9.50 Å². The normalized spacial score (nSPS) is 13.1. The Morgan fingerprint density at radius 3 is 2.71 bits per heavy atom. The van der Waals surface area contributed by atoms with Crippen molar-refractivity contribution in [1.82, 2.24) is 5.32 Å². The molecule has 0 aliphatic rings. The van der Waals surface area contributed by atoms with Gasteiger partial charge in [-0.25, -0.2) is 4.39 Å². The number of nitrogens with one attached hydrogen (secondary N) is 1. The minimum Gasteiger partial charge on any atom is -0.391 e. The van der Waals surface area contributed by atoms with Crippen LogP contribution in [-0.4, -0.2) is 24.3 Å². The van der Waals surface area contributed by atoms with Crippen molar-refractivity contribution in [3.05, 3.63) is 34.1 Å². The molecule has 0 saturated carbocycles. The lowest BCUT2D eigenvalue weighted by molar-refractivity contribution is 0.169. The number of benzene rings is 1. The van der Waals surface area contributed by atoms with Gasteiger partial charge in [-0.1, -0.05) is 29.8 Å². The van der Waals surface area contributed by atoms with E-state index in [4.69, 9.17) is 0 Å². The maximum atomic E-state index is 13.4. The van der Waals surface area contributed by atoms with Crippen LogP contribution >= 0.6 is 15.9 Å². The van der Waals surface area contributed by atoms with Crippen LogP contribution in [0.3, 0.4) is 0 Å². The van der Waals surface area contributed by atoms with Gasteiger partial charge in [0.1, 0.15) is 5.82 Å². The molecule has 0 aromatic heterocycles. The summed E-state index contributed by atoms with van der Waals surface area (Å²) in [6.07, 6.45) is -0.228. The molecule has 17 heavy (non-hydrogen) atoms. The third kappa shape index (κ3) is 5.61. The molecule has 0 radical (unpaired) electrons. The molecule has 0 amide bonds. The van der Waals surface area contributed by atoms with Gasteiger partial charge in [0.15, 0.2) is 0 Å². The van der Waals surface area contributed by atoms with Crippen LogP contribution in [0.15, 0.2) is 22.7 Å². The van der Waals surface area contributed by atoms with E-state index >= 15 is 0 Å². The number of halogens is 2. The average molecular weight is 304 g/mol. The predicted molar refractivity (Wildman–Crippen MR) is 71.5 cm³/mol. The summed E-state index contributed by atoms with van der Waals surface area (Å²) in [4.78, 5) is 0. The highest BCUT2D eigenvalue weighted by atomic mass is 79.9. The van der Waals surface area contributed by atoms with Crippen molar-refractivity contribution in [1.29, 1.82) is 0 Å². The van der Waals surface area contributed by atoms with Crippen LogP contribution < -0.4 is 5.32 Å². The molecule has 1 aromatic carbocycles. The van der Waals surface area contributed by atoms with Crippen molar-refractivity contribution in [3.63, 3.8) is 0 Å². The largest absolute Gasteiger partial charge is 0.391 e. The zero-order valence-corrected chi connectivity index (χ0v) is 11.8. The maximum absolute atomic E-state index is 13.4. The Morgan fingerprint density at radius 2 is 2.06 bits per heavy atom. The van der Waals surface area contributed by atoms with Gasteiger partial charge < -0.3 is 10.4 Å². The number of hydrogen-bond acceptors (Lipinski definition) is 2. The van der Waals surface area contributed by atoms with Crippen LogP contribution in [0.25, 0.3) is 0 Å². The maximum Gasteiger partial charge on any atom is 0.126 e. The minimum atomic E-state index is -0.558. The molecule has 96 valence electrons. The molecule has 0 heterocycles. The highest BCUT2D eigenvalue weighted by Gasteiger charge is 2.09. The van der Waals surface area contributed by atoms with E-state index in [1.807, 2.05) is 0 Å². The molecule has 0 bridgehead atoms. The van der Waals surface area contributed by atoms with Gasteiger partial charge in [-0.15, -0.1) is 0 Å². The van der Waals surface area contributed by atoms with Gasteiger partial charge in [0.05, 0.1) is 6.10 Å². The zero-order chi connectivity index (χ0) is 12.8. The third-order valence-corrected chi connectivity index (χ3v) is 2.89. The summed E-state index contributed by atoms with van der Waals surface area (Å²) in [7, 11) is 0. The van der Waals surface area contributed by atoms with E-state index in [1.54, 1.807) is 12.1 Å². The summed E-state index contributed by atoms with van der Waals surface area (Å²) in [5, 5.41) is 12.9. The number of hydrogen-bond donors (Lipinski definition) is 2. The zero-order valence-electron chi connectivity index (χ0n) is 10.2. The van der Waals surface area contributed by atoms with Crippen molar-refractivity contribution in [2.24, 2.45) is 5.92 Å². The summed E-state index contributed by atoms with van der Waals surface area (Å²) >= 11 is 3.29. The van der Waals surface area contributed by atoms with Gasteiger partial charge in [0.25, 0.3) is 0 Å².